The summed E-state index contributed by atoms with van der Waals surface area (Å²) in [5, 5.41) is 0. The van der Waals surface area contributed by atoms with Gasteiger partial charge in [0.05, 0.1) is 6.04 Å². The number of halogens is 2. The van der Waals surface area contributed by atoms with Crippen LogP contribution in [0.3, 0.4) is 0 Å². The highest BCUT2D eigenvalue weighted by molar-refractivity contribution is 9.10. The molecule has 0 fully saturated rings. The number of hydrogen-bond acceptors (Lipinski definition) is 3. The third-order valence-corrected chi connectivity index (χ3v) is 3.63. The number of nitrogens with one attached hydrogen (secondary N) is 1. The third kappa shape index (κ3) is 3.62. The Labute approximate surface area is 126 Å². The minimum atomic E-state index is -0.226. The van der Waals surface area contributed by atoms with E-state index >= 15 is 0 Å². The van der Waals surface area contributed by atoms with E-state index in [1.807, 2.05) is 26.0 Å². The standard InChI is InChI=1S/C15H17BrFN3/c1-9-5-12(6-10(2)19-9)15(20-18)8-11-7-13(16)3-4-14(11)17/h3-7,15,20H,8,18H2,1-2H3. The molecule has 0 bridgehead atoms. The van der Waals surface area contributed by atoms with Crippen LogP contribution in [0.15, 0.2) is 34.8 Å². The Morgan fingerprint density at radius 3 is 2.50 bits per heavy atom. The topological polar surface area (TPSA) is 50.9 Å². The highest BCUT2D eigenvalue weighted by Crippen LogP contribution is 2.23. The molecule has 3 N–H and O–H groups in total. The molecule has 1 unspecified atom stereocenters. The molecule has 1 aromatic carbocycles. The second kappa shape index (κ2) is 6.43. The zero-order valence-corrected chi connectivity index (χ0v) is 13.0. The average molecular weight is 338 g/mol. The lowest BCUT2D eigenvalue weighted by atomic mass is 9.98. The van der Waals surface area contributed by atoms with Gasteiger partial charge >= 0.3 is 0 Å². The fourth-order valence-electron chi connectivity index (χ4n) is 2.26. The van der Waals surface area contributed by atoms with Crippen molar-refractivity contribution in [1.82, 2.24) is 10.4 Å². The van der Waals surface area contributed by atoms with Gasteiger partial charge in [-0.05, 0) is 61.7 Å². The Morgan fingerprint density at radius 2 is 1.90 bits per heavy atom. The second-order valence-electron chi connectivity index (χ2n) is 4.84. The van der Waals surface area contributed by atoms with Crippen molar-refractivity contribution in [1.29, 1.82) is 0 Å². The van der Waals surface area contributed by atoms with Crippen LogP contribution in [0.1, 0.15) is 28.6 Å². The molecule has 2 rings (SSSR count). The van der Waals surface area contributed by atoms with Gasteiger partial charge in [0.2, 0.25) is 0 Å². The number of aromatic nitrogens is 1. The minimum absolute atomic E-state index is 0.154. The molecule has 0 amide bonds. The predicted octanol–water partition coefficient (Wildman–Crippen LogP) is 3.35. The van der Waals surface area contributed by atoms with Gasteiger partial charge in [-0.1, -0.05) is 15.9 Å². The van der Waals surface area contributed by atoms with E-state index in [4.69, 9.17) is 5.84 Å². The van der Waals surface area contributed by atoms with Gasteiger partial charge in [-0.3, -0.25) is 16.3 Å². The number of hydrazine groups is 1. The largest absolute Gasteiger partial charge is 0.271 e. The first-order valence-electron chi connectivity index (χ1n) is 6.35. The molecule has 1 aromatic heterocycles. The molecule has 0 radical (unpaired) electrons. The van der Waals surface area contributed by atoms with E-state index in [1.54, 1.807) is 12.1 Å². The normalized spacial score (nSPS) is 12.4. The monoisotopic (exact) mass is 337 g/mol. The minimum Gasteiger partial charge on any atom is -0.271 e. The highest BCUT2D eigenvalue weighted by Gasteiger charge is 2.14. The maximum Gasteiger partial charge on any atom is 0.126 e. The number of rotatable bonds is 4. The first kappa shape index (κ1) is 15.1. The molecule has 3 nitrogen and oxygen atoms in total. The van der Waals surface area contributed by atoms with Gasteiger partial charge in [0.15, 0.2) is 0 Å². The fourth-order valence-corrected chi connectivity index (χ4v) is 2.67. The molecule has 0 aliphatic heterocycles. The predicted molar refractivity (Wildman–Crippen MR) is 81.6 cm³/mol. The van der Waals surface area contributed by atoms with Crippen LogP contribution in [0.2, 0.25) is 0 Å². The Morgan fingerprint density at radius 1 is 1.25 bits per heavy atom. The van der Waals surface area contributed by atoms with Gasteiger partial charge in [-0.25, -0.2) is 4.39 Å². The van der Waals surface area contributed by atoms with E-state index in [0.29, 0.717) is 12.0 Å². The molecule has 0 aliphatic carbocycles. The summed E-state index contributed by atoms with van der Waals surface area (Å²) in [4.78, 5) is 4.34. The Kier molecular flexibility index (Phi) is 4.86. The van der Waals surface area contributed by atoms with Gasteiger partial charge in [-0.2, -0.15) is 0 Å². The van der Waals surface area contributed by atoms with Crippen molar-refractivity contribution in [2.45, 2.75) is 26.3 Å². The first-order valence-corrected chi connectivity index (χ1v) is 7.14. The quantitative estimate of drug-likeness (QED) is 0.664. The number of benzene rings is 1. The number of pyridine rings is 1. The Bertz CT molecular complexity index is 596. The van der Waals surface area contributed by atoms with Crippen LogP contribution in [0.25, 0.3) is 0 Å². The second-order valence-corrected chi connectivity index (χ2v) is 5.76. The van der Waals surface area contributed by atoms with Gasteiger partial charge in [0.25, 0.3) is 0 Å². The molecular weight excluding hydrogens is 321 g/mol. The lowest BCUT2D eigenvalue weighted by Crippen LogP contribution is -2.30. The van der Waals surface area contributed by atoms with E-state index in [1.165, 1.54) is 6.07 Å². The van der Waals surface area contributed by atoms with E-state index in [-0.39, 0.29) is 11.9 Å². The molecule has 0 saturated heterocycles. The van der Waals surface area contributed by atoms with Crippen molar-refractivity contribution in [3.8, 4) is 0 Å². The fraction of sp³-hybridized carbons (Fsp3) is 0.267. The molecule has 1 atom stereocenters. The van der Waals surface area contributed by atoms with Crippen molar-refractivity contribution in [3.63, 3.8) is 0 Å². The summed E-state index contributed by atoms with van der Waals surface area (Å²) in [5.41, 5.74) is 6.24. The van der Waals surface area contributed by atoms with Crippen molar-refractivity contribution < 1.29 is 4.39 Å². The van der Waals surface area contributed by atoms with E-state index in [2.05, 4.69) is 26.3 Å². The van der Waals surface area contributed by atoms with Crippen LogP contribution < -0.4 is 11.3 Å². The van der Waals surface area contributed by atoms with E-state index < -0.39 is 0 Å². The zero-order valence-electron chi connectivity index (χ0n) is 11.5. The summed E-state index contributed by atoms with van der Waals surface area (Å²) >= 11 is 3.36. The van der Waals surface area contributed by atoms with Gasteiger partial charge in [0.1, 0.15) is 5.82 Å². The van der Waals surface area contributed by atoms with Crippen LogP contribution in [-0.4, -0.2) is 4.98 Å². The number of aryl methyl sites for hydroxylation is 2. The lowest BCUT2D eigenvalue weighted by molar-refractivity contribution is 0.528. The van der Waals surface area contributed by atoms with Crippen LogP contribution in [0.4, 0.5) is 4.39 Å². The Hall–Kier alpha value is -1.30. The van der Waals surface area contributed by atoms with Crippen LogP contribution in [-0.2, 0) is 6.42 Å². The summed E-state index contributed by atoms with van der Waals surface area (Å²) in [6.45, 7) is 3.87. The summed E-state index contributed by atoms with van der Waals surface area (Å²) in [6, 6.07) is 8.70. The molecule has 20 heavy (non-hydrogen) atoms. The van der Waals surface area contributed by atoms with Crippen molar-refractivity contribution in [2.24, 2.45) is 5.84 Å². The SMILES string of the molecule is Cc1cc(C(Cc2cc(Br)ccc2F)NN)cc(C)n1. The molecule has 0 aliphatic rings. The smallest absolute Gasteiger partial charge is 0.126 e. The summed E-state index contributed by atoms with van der Waals surface area (Å²) in [6.07, 6.45) is 0.477. The highest BCUT2D eigenvalue weighted by atomic mass is 79.9. The van der Waals surface area contributed by atoms with E-state index in [9.17, 15) is 4.39 Å². The van der Waals surface area contributed by atoms with Crippen LogP contribution in [0.5, 0.6) is 0 Å². The van der Waals surface area contributed by atoms with Gasteiger partial charge in [-0.15, -0.1) is 0 Å². The zero-order chi connectivity index (χ0) is 14.7. The lowest BCUT2D eigenvalue weighted by Gasteiger charge is -2.18. The van der Waals surface area contributed by atoms with Gasteiger partial charge < -0.3 is 0 Å². The Balaban J connectivity index is 2.30. The molecule has 2 aromatic rings. The summed E-state index contributed by atoms with van der Waals surface area (Å²) in [7, 11) is 0. The summed E-state index contributed by atoms with van der Waals surface area (Å²) in [5.74, 6) is 5.41. The average Bonchev–Trinajstić information content (AvgIpc) is 2.38. The summed E-state index contributed by atoms with van der Waals surface area (Å²) < 4.78 is 14.7. The van der Waals surface area contributed by atoms with Crippen molar-refractivity contribution >= 4 is 15.9 Å². The first-order chi connectivity index (χ1) is 9.49. The molecule has 106 valence electrons. The molecule has 5 heteroatoms. The third-order valence-electron chi connectivity index (χ3n) is 3.14. The number of nitrogens with two attached hydrogens (primary N) is 1. The molecule has 0 spiro atoms. The van der Waals surface area contributed by atoms with Crippen LogP contribution >= 0.6 is 15.9 Å². The molecule has 1 heterocycles. The number of hydrogen-bond donors (Lipinski definition) is 2. The molecule has 0 saturated carbocycles. The number of nitrogens with zero attached hydrogens (tertiary/aromatic N) is 1. The molecular formula is C15H17BrFN3. The van der Waals surface area contributed by atoms with Crippen LogP contribution in [0, 0.1) is 19.7 Å². The maximum absolute atomic E-state index is 13.8. The van der Waals surface area contributed by atoms with E-state index in [0.717, 1.165) is 21.4 Å². The van der Waals surface area contributed by atoms with Gasteiger partial charge in [0, 0.05) is 15.9 Å². The van der Waals surface area contributed by atoms with Crippen molar-refractivity contribution in [3.05, 3.63) is 63.1 Å². The maximum atomic E-state index is 13.8. The van der Waals surface area contributed by atoms with Crippen molar-refractivity contribution in [2.75, 3.05) is 0 Å².